The second-order valence-electron chi connectivity index (χ2n) is 8.31. The number of Topliss-reactive ketones (excluding diaryl/α,β-unsaturated/α-hetero) is 1. The number of hydrogen-bond acceptors (Lipinski definition) is 6. The second kappa shape index (κ2) is 9.93. The van der Waals surface area contributed by atoms with Gasteiger partial charge in [-0.2, -0.15) is 0 Å². The molecule has 7 heteroatoms. The topological polar surface area (TPSA) is 85.3 Å². The Labute approximate surface area is 204 Å². The van der Waals surface area contributed by atoms with E-state index in [0.29, 0.717) is 28.5 Å². The summed E-state index contributed by atoms with van der Waals surface area (Å²) < 4.78 is 16.4. The fourth-order valence-electron chi connectivity index (χ4n) is 4.15. The van der Waals surface area contributed by atoms with Crippen LogP contribution in [0.15, 0.2) is 78.4 Å². The van der Waals surface area contributed by atoms with E-state index in [1.807, 2.05) is 44.2 Å². The van der Waals surface area contributed by atoms with E-state index in [1.165, 1.54) is 19.1 Å². The van der Waals surface area contributed by atoms with Crippen LogP contribution in [0.5, 0.6) is 17.2 Å². The van der Waals surface area contributed by atoms with Gasteiger partial charge in [-0.3, -0.25) is 14.5 Å². The van der Waals surface area contributed by atoms with Gasteiger partial charge in [0.25, 0.3) is 11.7 Å². The van der Waals surface area contributed by atoms with E-state index in [4.69, 9.17) is 14.2 Å². The largest absolute Gasteiger partial charge is 0.507 e. The number of hydrogen-bond donors (Lipinski definition) is 1. The molecule has 0 bridgehead atoms. The van der Waals surface area contributed by atoms with Crippen molar-refractivity contribution in [3.63, 3.8) is 0 Å². The third kappa shape index (κ3) is 4.57. The summed E-state index contributed by atoms with van der Waals surface area (Å²) >= 11 is 0. The summed E-state index contributed by atoms with van der Waals surface area (Å²) in [7, 11) is 2.97. The fourth-order valence-corrected chi connectivity index (χ4v) is 4.15. The SMILES string of the molecule is COc1ccc(OC)c(/C(O)=C2\C(=O)C(=O)N(c3ccc(OC(C)C)cc3)C2c2ccccc2)c1. The third-order valence-corrected chi connectivity index (χ3v) is 5.71. The highest BCUT2D eigenvalue weighted by atomic mass is 16.5. The van der Waals surface area contributed by atoms with E-state index in [9.17, 15) is 14.7 Å². The van der Waals surface area contributed by atoms with Crippen molar-refractivity contribution in [2.24, 2.45) is 0 Å². The normalized spacial score (nSPS) is 17.1. The van der Waals surface area contributed by atoms with Gasteiger partial charge >= 0.3 is 0 Å². The predicted molar refractivity (Wildman–Crippen MR) is 133 cm³/mol. The molecular formula is C28H27NO6. The van der Waals surface area contributed by atoms with Crippen molar-refractivity contribution in [2.75, 3.05) is 19.1 Å². The highest BCUT2D eigenvalue weighted by molar-refractivity contribution is 6.51. The molecule has 4 rings (SSSR count). The Morgan fingerprint density at radius 3 is 2.14 bits per heavy atom. The quantitative estimate of drug-likeness (QED) is 0.291. The average molecular weight is 474 g/mol. The highest BCUT2D eigenvalue weighted by Gasteiger charge is 2.47. The van der Waals surface area contributed by atoms with Gasteiger partial charge in [0.1, 0.15) is 23.0 Å². The Balaban J connectivity index is 1.90. The molecule has 0 radical (unpaired) electrons. The van der Waals surface area contributed by atoms with Crippen molar-refractivity contribution >= 4 is 23.1 Å². The number of carbonyl (C=O) groups excluding carboxylic acids is 2. The van der Waals surface area contributed by atoms with Crippen molar-refractivity contribution < 1.29 is 28.9 Å². The summed E-state index contributed by atoms with van der Waals surface area (Å²) in [4.78, 5) is 28.1. The lowest BCUT2D eigenvalue weighted by Crippen LogP contribution is -2.29. The zero-order valence-corrected chi connectivity index (χ0v) is 20.0. The molecule has 1 unspecified atom stereocenters. The first-order valence-electron chi connectivity index (χ1n) is 11.2. The number of carbonyl (C=O) groups is 2. The Morgan fingerprint density at radius 1 is 0.886 bits per heavy atom. The fraction of sp³-hybridized carbons (Fsp3) is 0.214. The number of aliphatic hydroxyl groups excluding tert-OH is 1. The van der Waals surface area contributed by atoms with Crippen molar-refractivity contribution in [3.8, 4) is 17.2 Å². The molecule has 0 aromatic heterocycles. The van der Waals surface area contributed by atoms with Gasteiger partial charge in [-0.05, 0) is 61.9 Å². The summed E-state index contributed by atoms with van der Waals surface area (Å²) in [6, 6.07) is 20.1. The summed E-state index contributed by atoms with van der Waals surface area (Å²) in [6.45, 7) is 3.85. The molecule has 1 aliphatic heterocycles. The Kier molecular flexibility index (Phi) is 6.78. The predicted octanol–water partition coefficient (Wildman–Crippen LogP) is 5.12. The zero-order chi connectivity index (χ0) is 25.1. The molecule has 0 spiro atoms. The number of aliphatic hydroxyl groups is 1. The summed E-state index contributed by atoms with van der Waals surface area (Å²) in [6.07, 6.45) is -0.00255. The molecule has 1 fully saturated rings. The van der Waals surface area contributed by atoms with Gasteiger partial charge in [-0.25, -0.2) is 0 Å². The van der Waals surface area contributed by atoms with Crippen LogP contribution in [0.25, 0.3) is 5.76 Å². The average Bonchev–Trinajstić information content (AvgIpc) is 3.14. The van der Waals surface area contributed by atoms with E-state index in [0.717, 1.165) is 0 Å². The lowest BCUT2D eigenvalue weighted by atomic mass is 9.94. The van der Waals surface area contributed by atoms with Gasteiger partial charge < -0.3 is 19.3 Å². The van der Waals surface area contributed by atoms with E-state index >= 15 is 0 Å². The van der Waals surface area contributed by atoms with Crippen LogP contribution in [0, 0.1) is 0 Å². The minimum absolute atomic E-state index is 0.00255. The van der Waals surface area contributed by atoms with Crippen LogP contribution in [0.3, 0.4) is 0 Å². The standard InChI is InChI=1S/C28H27NO6/c1-17(2)35-20-12-10-19(11-13-20)29-25(18-8-6-5-7-9-18)24(27(31)28(29)32)26(30)22-16-21(33-3)14-15-23(22)34-4/h5-17,25,30H,1-4H3/b26-24+. The summed E-state index contributed by atoms with van der Waals surface area (Å²) in [5.74, 6) is -0.397. The molecule has 3 aromatic rings. The number of anilines is 1. The lowest BCUT2D eigenvalue weighted by Gasteiger charge is -2.26. The molecule has 1 atom stereocenters. The maximum Gasteiger partial charge on any atom is 0.300 e. The van der Waals surface area contributed by atoms with Crippen LogP contribution in [0.1, 0.15) is 31.0 Å². The van der Waals surface area contributed by atoms with Gasteiger partial charge in [-0.15, -0.1) is 0 Å². The number of benzene rings is 3. The van der Waals surface area contributed by atoms with E-state index < -0.39 is 17.7 Å². The molecule has 35 heavy (non-hydrogen) atoms. The first-order valence-corrected chi connectivity index (χ1v) is 11.2. The molecule has 0 saturated carbocycles. The lowest BCUT2D eigenvalue weighted by molar-refractivity contribution is -0.132. The smallest absolute Gasteiger partial charge is 0.300 e. The third-order valence-electron chi connectivity index (χ3n) is 5.71. The number of nitrogens with zero attached hydrogens (tertiary/aromatic N) is 1. The molecule has 1 saturated heterocycles. The van der Waals surface area contributed by atoms with Gasteiger partial charge in [0.15, 0.2) is 0 Å². The summed E-state index contributed by atoms with van der Waals surface area (Å²) in [5.41, 5.74) is 1.41. The Morgan fingerprint density at radius 2 is 1.54 bits per heavy atom. The highest BCUT2D eigenvalue weighted by Crippen LogP contribution is 2.44. The number of ether oxygens (including phenoxy) is 3. The maximum absolute atomic E-state index is 13.3. The van der Waals surface area contributed by atoms with Gasteiger partial charge in [-0.1, -0.05) is 30.3 Å². The second-order valence-corrected chi connectivity index (χ2v) is 8.31. The molecule has 1 amide bonds. The van der Waals surface area contributed by atoms with E-state index in [2.05, 4.69) is 0 Å². The molecular weight excluding hydrogens is 446 g/mol. The maximum atomic E-state index is 13.3. The monoisotopic (exact) mass is 473 g/mol. The van der Waals surface area contributed by atoms with Crippen molar-refractivity contribution in [3.05, 3.63) is 89.5 Å². The minimum atomic E-state index is -0.844. The molecule has 1 aliphatic rings. The minimum Gasteiger partial charge on any atom is -0.507 e. The van der Waals surface area contributed by atoms with Crippen molar-refractivity contribution in [2.45, 2.75) is 26.0 Å². The van der Waals surface area contributed by atoms with Gasteiger partial charge in [0, 0.05) is 5.69 Å². The summed E-state index contributed by atoms with van der Waals surface area (Å²) in [5, 5.41) is 11.4. The number of amides is 1. The molecule has 0 aliphatic carbocycles. The molecule has 1 N–H and O–H groups in total. The number of rotatable bonds is 7. The van der Waals surface area contributed by atoms with E-state index in [1.54, 1.807) is 42.5 Å². The first kappa shape index (κ1) is 23.9. The Bertz CT molecular complexity index is 1260. The van der Waals surface area contributed by atoms with Crippen LogP contribution >= 0.6 is 0 Å². The number of methoxy groups -OCH3 is 2. The molecule has 1 heterocycles. The molecule has 180 valence electrons. The number of ketones is 1. The van der Waals surface area contributed by atoms with Crippen molar-refractivity contribution in [1.82, 2.24) is 0 Å². The van der Waals surface area contributed by atoms with Crippen molar-refractivity contribution in [1.29, 1.82) is 0 Å². The van der Waals surface area contributed by atoms with Gasteiger partial charge in [0.2, 0.25) is 0 Å². The molecule has 7 nitrogen and oxygen atoms in total. The molecule has 3 aromatic carbocycles. The van der Waals surface area contributed by atoms with Crippen LogP contribution in [-0.4, -0.2) is 37.1 Å². The van der Waals surface area contributed by atoms with Crippen LogP contribution in [-0.2, 0) is 9.59 Å². The zero-order valence-electron chi connectivity index (χ0n) is 20.0. The van der Waals surface area contributed by atoms with E-state index in [-0.39, 0.29) is 23.0 Å². The van der Waals surface area contributed by atoms with Crippen LogP contribution < -0.4 is 19.1 Å². The first-order chi connectivity index (χ1) is 16.8. The van der Waals surface area contributed by atoms with Gasteiger partial charge in [0.05, 0.1) is 37.5 Å². The Hall–Kier alpha value is -4.26. The van der Waals surface area contributed by atoms with Crippen LogP contribution in [0.2, 0.25) is 0 Å². The van der Waals surface area contributed by atoms with Crippen LogP contribution in [0.4, 0.5) is 5.69 Å².